The summed E-state index contributed by atoms with van der Waals surface area (Å²) in [6.45, 7) is 7.68. The molecule has 0 radical (unpaired) electrons. The summed E-state index contributed by atoms with van der Waals surface area (Å²) >= 11 is 0. The first kappa shape index (κ1) is 16.1. The number of hydrogen-bond acceptors (Lipinski definition) is 5. The summed E-state index contributed by atoms with van der Waals surface area (Å²) < 4.78 is 16.1. The SMILES string of the molecule is CCNC(CN1CCOCC1)c1ccc(OC)c(OC)c1. The highest BCUT2D eigenvalue weighted by Gasteiger charge is 2.19. The normalized spacial score (nSPS) is 17.5. The second-order valence-corrected chi connectivity index (χ2v) is 5.14. The Morgan fingerprint density at radius 3 is 2.52 bits per heavy atom. The fourth-order valence-electron chi connectivity index (χ4n) is 2.65. The van der Waals surface area contributed by atoms with E-state index in [1.165, 1.54) is 5.56 Å². The van der Waals surface area contributed by atoms with Crippen LogP contribution in [0, 0.1) is 0 Å². The highest BCUT2D eigenvalue weighted by Crippen LogP contribution is 2.30. The predicted molar refractivity (Wildman–Crippen MR) is 83.2 cm³/mol. The third-order valence-corrected chi connectivity index (χ3v) is 3.80. The lowest BCUT2D eigenvalue weighted by molar-refractivity contribution is 0.0335. The van der Waals surface area contributed by atoms with Gasteiger partial charge in [-0.2, -0.15) is 0 Å². The zero-order valence-corrected chi connectivity index (χ0v) is 13.2. The molecular weight excluding hydrogens is 268 g/mol. The van der Waals surface area contributed by atoms with Gasteiger partial charge in [-0.15, -0.1) is 0 Å². The molecule has 5 heteroatoms. The molecule has 1 aromatic carbocycles. The quantitative estimate of drug-likeness (QED) is 0.829. The van der Waals surface area contributed by atoms with E-state index in [4.69, 9.17) is 14.2 Å². The van der Waals surface area contributed by atoms with Crippen LogP contribution in [0.1, 0.15) is 18.5 Å². The number of morpholine rings is 1. The summed E-state index contributed by atoms with van der Waals surface area (Å²) in [6.07, 6.45) is 0. The number of hydrogen-bond donors (Lipinski definition) is 1. The molecule has 0 amide bonds. The zero-order valence-electron chi connectivity index (χ0n) is 13.2. The van der Waals surface area contributed by atoms with Gasteiger partial charge in [-0.25, -0.2) is 0 Å². The van der Waals surface area contributed by atoms with Crippen LogP contribution in [0.2, 0.25) is 0 Å². The van der Waals surface area contributed by atoms with Crippen molar-refractivity contribution in [3.63, 3.8) is 0 Å². The summed E-state index contributed by atoms with van der Waals surface area (Å²) in [4.78, 5) is 2.44. The van der Waals surface area contributed by atoms with Crippen LogP contribution in [0.5, 0.6) is 11.5 Å². The average molecular weight is 294 g/mol. The highest BCUT2D eigenvalue weighted by molar-refractivity contribution is 5.43. The van der Waals surface area contributed by atoms with Gasteiger partial charge in [0.2, 0.25) is 0 Å². The molecule has 1 aliphatic rings. The summed E-state index contributed by atoms with van der Waals surface area (Å²) in [5, 5.41) is 3.56. The molecular formula is C16H26N2O3. The molecule has 2 rings (SSSR count). The summed E-state index contributed by atoms with van der Waals surface area (Å²) in [5.74, 6) is 1.54. The van der Waals surface area contributed by atoms with Crippen molar-refractivity contribution in [3.05, 3.63) is 23.8 Å². The first-order chi connectivity index (χ1) is 10.3. The van der Waals surface area contributed by atoms with E-state index >= 15 is 0 Å². The lowest BCUT2D eigenvalue weighted by Gasteiger charge is -2.31. The van der Waals surface area contributed by atoms with Gasteiger partial charge in [-0.1, -0.05) is 13.0 Å². The van der Waals surface area contributed by atoms with Gasteiger partial charge >= 0.3 is 0 Å². The highest BCUT2D eigenvalue weighted by atomic mass is 16.5. The van der Waals surface area contributed by atoms with Crippen molar-refractivity contribution in [1.82, 2.24) is 10.2 Å². The minimum absolute atomic E-state index is 0.285. The molecule has 0 saturated carbocycles. The Kier molecular flexibility index (Phi) is 6.29. The molecule has 1 aliphatic heterocycles. The average Bonchev–Trinajstić information content (AvgIpc) is 2.54. The molecule has 1 fully saturated rings. The maximum absolute atomic E-state index is 5.42. The van der Waals surface area contributed by atoms with Gasteiger partial charge in [0.05, 0.1) is 27.4 Å². The Balaban J connectivity index is 2.12. The van der Waals surface area contributed by atoms with Crippen LogP contribution in [-0.2, 0) is 4.74 Å². The molecule has 1 aromatic rings. The van der Waals surface area contributed by atoms with E-state index in [1.807, 2.05) is 6.07 Å². The van der Waals surface area contributed by atoms with Crippen molar-refractivity contribution < 1.29 is 14.2 Å². The maximum Gasteiger partial charge on any atom is 0.161 e. The molecule has 1 heterocycles. The van der Waals surface area contributed by atoms with Crippen molar-refractivity contribution >= 4 is 0 Å². The second-order valence-electron chi connectivity index (χ2n) is 5.14. The van der Waals surface area contributed by atoms with E-state index in [1.54, 1.807) is 14.2 Å². The van der Waals surface area contributed by atoms with Crippen LogP contribution in [0.15, 0.2) is 18.2 Å². The second kappa shape index (κ2) is 8.22. The number of nitrogens with one attached hydrogen (secondary N) is 1. The molecule has 0 aromatic heterocycles. The monoisotopic (exact) mass is 294 g/mol. The Morgan fingerprint density at radius 1 is 1.19 bits per heavy atom. The first-order valence-corrected chi connectivity index (χ1v) is 7.54. The Labute approximate surface area is 127 Å². The van der Waals surface area contributed by atoms with Gasteiger partial charge in [0.1, 0.15) is 0 Å². The van der Waals surface area contributed by atoms with Crippen molar-refractivity contribution in [2.45, 2.75) is 13.0 Å². The standard InChI is InChI=1S/C16H26N2O3/c1-4-17-14(12-18-7-9-21-10-8-18)13-5-6-15(19-2)16(11-13)20-3/h5-6,11,14,17H,4,7-10,12H2,1-3H3. The van der Waals surface area contributed by atoms with E-state index in [0.29, 0.717) is 0 Å². The topological polar surface area (TPSA) is 43.0 Å². The molecule has 1 atom stereocenters. The molecule has 118 valence electrons. The largest absolute Gasteiger partial charge is 0.493 e. The molecule has 5 nitrogen and oxygen atoms in total. The Morgan fingerprint density at radius 2 is 1.90 bits per heavy atom. The van der Waals surface area contributed by atoms with E-state index < -0.39 is 0 Å². The maximum atomic E-state index is 5.42. The number of methoxy groups -OCH3 is 2. The summed E-state index contributed by atoms with van der Waals surface area (Å²) in [5.41, 5.74) is 1.22. The van der Waals surface area contributed by atoms with Gasteiger partial charge in [-0.05, 0) is 24.2 Å². The van der Waals surface area contributed by atoms with Gasteiger partial charge < -0.3 is 19.5 Å². The van der Waals surface area contributed by atoms with Crippen LogP contribution in [-0.4, -0.2) is 58.5 Å². The number of benzene rings is 1. The molecule has 1 unspecified atom stereocenters. The lowest BCUT2D eigenvalue weighted by atomic mass is 10.0. The number of ether oxygens (including phenoxy) is 3. The molecule has 1 saturated heterocycles. The fourth-order valence-corrected chi connectivity index (χ4v) is 2.65. The number of likely N-dealkylation sites (N-methyl/N-ethyl adjacent to an activating group) is 1. The minimum Gasteiger partial charge on any atom is -0.493 e. The van der Waals surface area contributed by atoms with Crippen molar-refractivity contribution in [1.29, 1.82) is 0 Å². The molecule has 0 spiro atoms. The van der Waals surface area contributed by atoms with Gasteiger partial charge in [-0.3, -0.25) is 4.90 Å². The fraction of sp³-hybridized carbons (Fsp3) is 0.625. The number of rotatable bonds is 7. The Bertz CT molecular complexity index is 434. The summed E-state index contributed by atoms with van der Waals surface area (Å²) in [7, 11) is 3.33. The zero-order chi connectivity index (χ0) is 15.1. The van der Waals surface area contributed by atoms with Crippen molar-refractivity contribution in [2.24, 2.45) is 0 Å². The molecule has 0 bridgehead atoms. The van der Waals surface area contributed by atoms with Crippen molar-refractivity contribution in [3.8, 4) is 11.5 Å². The smallest absolute Gasteiger partial charge is 0.161 e. The van der Waals surface area contributed by atoms with Gasteiger partial charge in [0.15, 0.2) is 11.5 Å². The van der Waals surface area contributed by atoms with E-state index in [9.17, 15) is 0 Å². The van der Waals surface area contributed by atoms with Crippen LogP contribution in [0.4, 0.5) is 0 Å². The van der Waals surface area contributed by atoms with Crippen LogP contribution >= 0.6 is 0 Å². The van der Waals surface area contributed by atoms with Crippen LogP contribution < -0.4 is 14.8 Å². The van der Waals surface area contributed by atoms with Crippen LogP contribution in [0.25, 0.3) is 0 Å². The third kappa shape index (κ3) is 4.33. The van der Waals surface area contributed by atoms with Gasteiger partial charge in [0.25, 0.3) is 0 Å². The third-order valence-electron chi connectivity index (χ3n) is 3.80. The summed E-state index contributed by atoms with van der Waals surface area (Å²) in [6, 6.07) is 6.42. The lowest BCUT2D eigenvalue weighted by Crippen LogP contribution is -2.41. The Hall–Kier alpha value is -1.30. The van der Waals surface area contributed by atoms with E-state index in [2.05, 4.69) is 29.3 Å². The predicted octanol–water partition coefficient (Wildman–Crippen LogP) is 1.69. The van der Waals surface area contributed by atoms with E-state index in [0.717, 1.165) is 50.9 Å². The molecule has 0 aliphatic carbocycles. The first-order valence-electron chi connectivity index (χ1n) is 7.54. The molecule has 21 heavy (non-hydrogen) atoms. The van der Waals surface area contributed by atoms with Crippen molar-refractivity contribution in [2.75, 3.05) is 53.6 Å². The van der Waals surface area contributed by atoms with Gasteiger partial charge in [0, 0.05) is 25.7 Å². The minimum atomic E-state index is 0.285. The van der Waals surface area contributed by atoms with Crippen LogP contribution in [0.3, 0.4) is 0 Å². The number of nitrogens with zero attached hydrogens (tertiary/aromatic N) is 1. The molecule has 1 N–H and O–H groups in total. The van der Waals surface area contributed by atoms with E-state index in [-0.39, 0.29) is 6.04 Å².